The van der Waals surface area contributed by atoms with E-state index in [2.05, 4.69) is 64.6 Å². The van der Waals surface area contributed by atoms with Gasteiger partial charge in [0, 0.05) is 45.0 Å². The fourth-order valence-electron chi connectivity index (χ4n) is 4.66. The average molecular weight is 430 g/mol. The second kappa shape index (κ2) is 8.37. The fourth-order valence-corrected chi connectivity index (χ4v) is 4.66. The van der Waals surface area contributed by atoms with Crippen molar-refractivity contribution in [3.63, 3.8) is 0 Å². The molecule has 0 N–H and O–H groups in total. The van der Waals surface area contributed by atoms with Gasteiger partial charge in [-0.1, -0.05) is 32.0 Å². The van der Waals surface area contributed by atoms with Crippen LogP contribution < -0.4 is 4.90 Å². The van der Waals surface area contributed by atoms with Crippen molar-refractivity contribution in [1.29, 1.82) is 0 Å². The minimum Gasteiger partial charge on any atom is -0.341 e. The summed E-state index contributed by atoms with van der Waals surface area (Å²) >= 11 is 0. The van der Waals surface area contributed by atoms with Crippen LogP contribution in [0.25, 0.3) is 11.2 Å². The van der Waals surface area contributed by atoms with E-state index in [9.17, 15) is 0 Å². The number of benzene rings is 1. The van der Waals surface area contributed by atoms with Crippen molar-refractivity contribution >= 4 is 17.1 Å². The van der Waals surface area contributed by atoms with Crippen LogP contribution in [0.1, 0.15) is 61.0 Å². The Balaban J connectivity index is 1.46. The van der Waals surface area contributed by atoms with Crippen LogP contribution in [0.3, 0.4) is 0 Å². The van der Waals surface area contributed by atoms with Crippen molar-refractivity contribution in [3.05, 3.63) is 65.6 Å². The first-order valence-electron chi connectivity index (χ1n) is 11.5. The van der Waals surface area contributed by atoms with E-state index in [1.54, 1.807) is 0 Å². The second-order valence-electron chi connectivity index (χ2n) is 9.24. The van der Waals surface area contributed by atoms with E-state index in [-0.39, 0.29) is 0 Å². The molecule has 7 nitrogen and oxygen atoms in total. The predicted octanol–water partition coefficient (Wildman–Crippen LogP) is 4.42. The van der Waals surface area contributed by atoms with E-state index in [1.807, 2.05) is 30.5 Å². The lowest BCUT2D eigenvalue weighted by Gasteiger charge is -2.32. The van der Waals surface area contributed by atoms with Crippen molar-refractivity contribution in [2.45, 2.75) is 52.0 Å². The highest BCUT2D eigenvalue weighted by molar-refractivity contribution is 5.75. The first kappa shape index (κ1) is 20.7. The smallest absolute Gasteiger partial charge is 0.227 e. The first-order valence-corrected chi connectivity index (χ1v) is 11.5. The van der Waals surface area contributed by atoms with Gasteiger partial charge in [0.25, 0.3) is 0 Å². The summed E-state index contributed by atoms with van der Waals surface area (Å²) in [6.07, 6.45) is 10.6. The molecule has 0 spiro atoms. The predicted molar refractivity (Wildman–Crippen MR) is 127 cm³/mol. The van der Waals surface area contributed by atoms with E-state index in [1.165, 1.54) is 16.7 Å². The summed E-state index contributed by atoms with van der Waals surface area (Å²) < 4.78 is 4.26. The maximum Gasteiger partial charge on any atom is 0.227 e. The Morgan fingerprint density at radius 3 is 2.62 bits per heavy atom. The van der Waals surface area contributed by atoms with Crippen molar-refractivity contribution < 1.29 is 0 Å². The van der Waals surface area contributed by atoms with Crippen LogP contribution in [0, 0.1) is 6.92 Å². The molecule has 0 saturated carbocycles. The highest BCUT2D eigenvalue weighted by atomic mass is 15.3. The number of hydrogen-bond acceptors (Lipinski definition) is 5. The molecule has 0 aliphatic carbocycles. The van der Waals surface area contributed by atoms with Gasteiger partial charge in [-0.2, -0.15) is 4.98 Å². The molecule has 166 valence electrons. The Bertz CT molecular complexity index is 1210. The van der Waals surface area contributed by atoms with Crippen LogP contribution in [0.5, 0.6) is 0 Å². The lowest BCUT2D eigenvalue weighted by atomic mass is 9.95. The molecule has 0 bridgehead atoms. The molecule has 0 radical (unpaired) electrons. The van der Waals surface area contributed by atoms with E-state index in [4.69, 9.17) is 9.97 Å². The van der Waals surface area contributed by atoms with Crippen LogP contribution >= 0.6 is 0 Å². The Labute approximate surface area is 189 Å². The molecule has 1 aliphatic heterocycles. The molecule has 0 atom stereocenters. The van der Waals surface area contributed by atoms with E-state index >= 15 is 0 Å². The lowest BCUT2D eigenvalue weighted by molar-refractivity contribution is 0.393. The molecule has 7 heteroatoms. The molecule has 0 unspecified atom stereocenters. The minimum atomic E-state index is 0.494. The molecule has 4 heterocycles. The van der Waals surface area contributed by atoms with Crippen molar-refractivity contribution in [3.8, 4) is 0 Å². The molecule has 4 aromatic rings. The number of hydrogen-bond donors (Lipinski definition) is 0. The summed E-state index contributed by atoms with van der Waals surface area (Å²) in [7, 11) is 2.02. The molecule has 3 aromatic heterocycles. The van der Waals surface area contributed by atoms with Gasteiger partial charge < -0.3 is 14.0 Å². The third kappa shape index (κ3) is 3.87. The van der Waals surface area contributed by atoms with Crippen LogP contribution in [0.15, 0.2) is 43.2 Å². The maximum absolute atomic E-state index is 5.09. The van der Waals surface area contributed by atoms with Crippen molar-refractivity contribution in [1.82, 2.24) is 29.1 Å². The summed E-state index contributed by atoms with van der Waals surface area (Å²) in [5.41, 5.74) is 6.83. The van der Waals surface area contributed by atoms with Gasteiger partial charge in [0.05, 0.1) is 18.3 Å². The summed E-state index contributed by atoms with van der Waals surface area (Å²) in [4.78, 5) is 21.0. The minimum absolute atomic E-state index is 0.494. The molecule has 1 saturated heterocycles. The van der Waals surface area contributed by atoms with Crippen LogP contribution in [0.4, 0.5) is 5.95 Å². The Kier molecular flexibility index (Phi) is 5.41. The van der Waals surface area contributed by atoms with Gasteiger partial charge in [0.15, 0.2) is 5.65 Å². The zero-order valence-electron chi connectivity index (χ0n) is 19.4. The number of piperidine rings is 1. The molecular formula is C25H31N7. The molecule has 1 fully saturated rings. The summed E-state index contributed by atoms with van der Waals surface area (Å²) in [6, 6.07) is 7.29. The maximum atomic E-state index is 5.09. The Morgan fingerprint density at radius 1 is 1.09 bits per heavy atom. The monoisotopic (exact) mass is 429 g/mol. The quantitative estimate of drug-likeness (QED) is 0.470. The SMILES string of the molecule is Cc1ccc(C(C)C)cc1Cc1nc(N2CCC(n3ccnc3)CC2)nc2ncn(C)c12. The highest BCUT2D eigenvalue weighted by Crippen LogP contribution is 2.28. The third-order valence-corrected chi connectivity index (χ3v) is 6.72. The van der Waals surface area contributed by atoms with Gasteiger partial charge >= 0.3 is 0 Å². The molecule has 1 aliphatic rings. The molecule has 32 heavy (non-hydrogen) atoms. The number of nitrogens with zero attached hydrogens (tertiary/aromatic N) is 7. The summed E-state index contributed by atoms with van der Waals surface area (Å²) in [5, 5.41) is 0. The lowest BCUT2D eigenvalue weighted by Crippen LogP contribution is -2.35. The van der Waals surface area contributed by atoms with Gasteiger partial charge in [0.2, 0.25) is 5.95 Å². The van der Waals surface area contributed by atoms with Gasteiger partial charge in [0.1, 0.15) is 5.52 Å². The van der Waals surface area contributed by atoms with E-state index < -0.39 is 0 Å². The van der Waals surface area contributed by atoms with Crippen molar-refractivity contribution in [2.24, 2.45) is 7.05 Å². The molecule has 1 aromatic carbocycles. The first-order chi connectivity index (χ1) is 15.5. The van der Waals surface area contributed by atoms with E-state index in [0.717, 1.165) is 55.2 Å². The largest absolute Gasteiger partial charge is 0.341 e. The fraction of sp³-hybridized carbons (Fsp3) is 0.440. The van der Waals surface area contributed by atoms with Crippen molar-refractivity contribution in [2.75, 3.05) is 18.0 Å². The molecule has 5 rings (SSSR count). The Hall–Kier alpha value is -3.22. The molecule has 0 amide bonds. The number of aromatic nitrogens is 6. The zero-order chi connectivity index (χ0) is 22.2. The van der Waals surface area contributed by atoms with Crippen LogP contribution in [-0.4, -0.2) is 42.2 Å². The average Bonchev–Trinajstić information content (AvgIpc) is 3.46. The Morgan fingerprint density at radius 2 is 1.91 bits per heavy atom. The number of aryl methyl sites for hydroxylation is 2. The van der Waals surface area contributed by atoms with Gasteiger partial charge in [-0.25, -0.2) is 15.0 Å². The normalized spacial score (nSPS) is 15.2. The van der Waals surface area contributed by atoms with Gasteiger partial charge in [-0.05, 0) is 42.4 Å². The third-order valence-electron chi connectivity index (χ3n) is 6.72. The standard InChI is InChI=1S/C25H31N7/c1-17(2)19-6-5-18(3)20(13-19)14-22-23-24(27-16-30(23)4)29-25(28-22)31-10-7-21(8-11-31)32-12-9-26-15-32/h5-6,9,12-13,15-17,21H,7-8,10-11,14H2,1-4H3. The number of imidazole rings is 2. The zero-order valence-corrected chi connectivity index (χ0v) is 19.4. The highest BCUT2D eigenvalue weighted by Gasteiger charge is 2.24. The van der Waals surface area contributed by atoms with Gasteiger partial charge in [-0.3, -0.25) is 0 Å². The van der Waals surface area contributed by atoms with Gasteiger partial charge in [-0.15, -0.1) is 0 Å². The van der Waals surface area contributed by atoms with E-state index in [0.29, 0.717) is 12.0 Å². The summed E-state index contributed by atoms with van der Waals surface area (Å²) in [5.74, 6) is 1.30. The number of rotatable bonds is 5. The number of anilines is 1. The van der Waals surface area contributed by atoms with Crippen LogP contribution in [0.2, 0.25) is 0 Å². The van der Waals surface area contributed by atoms with Crippen LogP contribution in [-0.2, 0) is 13.5 Å². The number of fused-ring (bicyclic) bond motifs is 1. The summed E-state index contributed by atoms with van der Waals surface area (Å²) in [6.45, 7) is 8.53. The second-order valence-corrected chi connectivity index (χ2v) is 9.24. The molecular weight excluding hydrogens is 398 g/mol. The topological polar surface area (TPSA) is 64.7 Å².